The first-order valence-electron chi connectivity index (χ1n) is 7.92. The van der Waals surface area contributed by atoms with Crippen LogP contribution in [0.25, 0.3) is 0 Å². The summed E-state index contributed by atoms with van der Waals surface area (Å²) in [5, 5.41) is 25.5. The number of thiophene rings is 1. The number of benzene rings is 1. The van der Waals surface area contributed by atoms with Crippen LogP contribution in [0.15, 0.2) is 47.2 Å². The number of hydrogen-bond acceptors (Lipinski definition) is 6. The summed E-state index contributed by atoms with van der Waals surface area (Å²) in [6.07, 6.45) is -0.881. The monoisotopic (exact) mass is 349 g/mol. The number of rotatable bonds is 11. The third-order valence-electron chi connectivity index (χ3n) is 3.51. The average Bonchev–Trinajstić information content (AvgIpc) is 3.12. The van der Waals surface area contributed by atoms with Crippen LogP contribution in [-0.4, -0.2) is 54.5 Å². The fourth-order valence-corrected chi connectivity index (χ4v) is 2.95. The summed E-state index contributed by atoms with van der Waals surface area (Å²) < 4.78 is 5.73. The zero-order valence-electron chi connectivity index (χ0n) is 13.4. The molecule has 0 saturated carbocycles. The third kappa shape index (κ3) is 6.14. The van der Waals surface area contributed by atoms with E-state index in [2.05, 4.69) is 5.32 Å². The first-order chi connectivity index (χ1) is 11.7. The lowest BCUT2D eigenvalue weighted by Crippen LogP contribution is -2.35. The highest BCUT2D eigenvalue weighted by atomic mass is 32.1. The molecule has 0 aliphatic heterocycles. The van der Waals surface area contributed by atoms with Gasteiger partial charge < -0.3 is 20.3 Å². The molecular formula is C18H23NO4S. The number of aliphatic hydroxyl groups is 2. The molecule has 6 heteroatoms. The van der Waals surface area contributed by atoms with Gasteiger partial charge >= 0.3 is 0 Å². The number of Topliss-reactive ketones (excluding diaryl/α,β-unsaturated/α-hetero) is 1. The van der Waals surface area contributed by atoms with E-state index in [1.54, 1.807) is 23.5 Å². The highest BCUT2D eigenvalue weighted by Crippen LogP contribution is 2.15. The highest BCUT2D eigenvalue weighted by Gasteiger charge is 2.22. The lowest BCUT2D eigenvalue weighted by Gasteiger charge is -2.19. The fraction of sp³-hybridized carbons (Fsp3) is 0.389. The van der Waals surface area contributed by atoms with Gasteiger partial charge in [0.1, 0.15) is 6.10 Å². The van der Waals surface area contributed by atoms with E-state index in [1.165, 1.54) is 0 Å². The predicted octanol–water partition coefficient (Wildman–Crippen LogP) is 1.50. The van der Waals surface area contributed by atoms with Gasteiger partial charge in [0, 0.05) is 25.1 Å². The lowest BCUT2D eigenvalue weighted by atomic mass is 10.0. The Morgan fingerprint density at radius 1 is 1.25 bits per heavy atom. The Bertz CT molecular complexity index is 588. The molecule has 0 bridgehead atoms. The normalized spacial score (nSPS) is 13.6. The maximum absolute atomic E-state index is 12.7. The molecular weight excluding hydrogens is 326 g/mol. The van der Waals surface area contributed by atoms with Gasteiger partial charge in [0.15, 0.2) is 5.78 Å². The second-order valence-corrected chi connectivity index (χ2v) is 6.25. The molecule has 0 aliphatic rings. The number of ether oxygens (including phenoxy) is 1. The minimum absolute atomic E-state index is 0.0147. The summed E-state index contributed by atoms with van der Waals surface area (Å²) in [5.74, 6) is -0.0858. The molecule has 2 unspecified atom stereocenters. The summed E-state index contributed by atoms with van der Waals surface area (Å²) in [6, 6.07) is 11.0. The van der Waals surface area contributed by atoms with Crippen molar-refractivity contribution in [3.05, 3.63) is 58.3 Å². The Kier molecular flexibility index (Phi) is 8.07. The smallest absolute Gasteiger partial charge is 0.191 e. The summed E-state index contributed by atoms with van der Waals surface area (Å²) in [7, 11) is 0. The van der Waals surface area contributed by atoms with Crippen molar-refractivity contribution in [1.29, 1.82) is 0 Å². The van der Waals surface area contributed by atoms with E-state index >= 15 is 0 Å². The van der Waals surface area contributed by atoms with E-state index in [0.717, 1.165) is 5.56 Å². The zero-order chi connectivity index (χ0) is 17.2. The van der Waals surface area contributed by atoms with Crippen molar-refractivity contribution in [2.75, 3.05) is 26.3 Å². The molecule has 0 radical (unpaired) electrons. The third-order valence-corrected chi connectivity index (χ3v) is 4.24. The Morgan fingerprint density at radius 3 is 2.71 bits per heavy atom. The van der Waals surface area contributed by atoms with E-state index in [-0.39, 0.29) is 19.0 Å². The average molecular weight is 349 g/mol. The minimum Gasteiger partial charge on any atom is -0.395 e. The van der Waals surface area contributed by atoms with Crippen LogP contribution in [0.5, 0.6) is 0 Å². The quantitative estimate of drug-likeness (QED) is 0.423. The first-order valence-corrected chi connectivity index (χ1v) is 8.86. The molecule has 1 aromatic carbocycles. The van der Waals surface area contributed by atoms with E-state index in [1.807, 2.05) is 35.0 Å². The molecule has 130 valence electrons. The zero-order valence-corrected chi connectivity index (χ0v) is 14.2. The second kappa shape index (κ2) is 10.3. The molecule has 0 fully saturated rings. The Balaban J connectivity index is 1.96. The molecule has 2 aromatic rings. The summed E-state index contributed by atoms with van der Waals surface area (Å²) in [6.45, 7) is 0.802. The molecule has 3 N–H and O–H groups in total. The predicted molar refractivity (Wildman–Crippen MR) is 94.5 cm³/mol. The number of carbonyl (C=O) groups is 1. The largest absolute Gasteiger partial charge is 0.395 e. The number of aliphatic hydroxyl groups excluding tert-OH is 2. The maximum atomic E-state index is 12.7. The van der Waals surface area contributed by atoms with Crippen molar-refractivity contribution in [1.82, 2.24) is 5.32 Å². The topological polar surface area (TPSA) is 78.8 Å². The van der Waals surface area contributed by atoms with Crippen LogP contribution in [0, 0.1) is 0 Å². The van der Waals surface area contributed by atoms with Crippen LogP contribution in [0.2, 0.25) is 0 Å². The highest BCUT2D eigenvalue weighted by molar-refractivity contribution is 7.07. The Labute approximate surface area is 145 Å². The summed E-state index contributed by atoms with van der Waals surface area (Å²) >= 11 is 1.58. The van der Waals surface area contributed by atoms with Gasteiger partial charge in [0.05, 0.1) is 19.3 Å². The van der Waals surface area contributed by atoms with Crippen LogP contribution >= 0.6 is 11.3 Å². The van der Waals surface area contributed by atoms with E-state index in [9.17, 15) is 9.90 Å². The Hall–Kier alpha value is -1.57. The van der Waals surface area contributed by atoms with E-state index in [0.29, 0.717) is 25.1 Å². The van der Waals surface area contributed by atoms with Gasteiger partial charge in [-0.3, -0.25) is 4.79 Å². The number of hydrogen-bond donors (Lipinski definition) is 3. The van der Waals surface area contributed by atoms with Gasteiger partial charge in [-0.05, 0) is 22.4 Å². The van der Waals surface area contributed by atoms with Crippen molar-refractivity contribution in [3.8, 4) is 0 Å². The van der Waals surface area contributed by atoms with Crippen LogP contribution in [0.1, 0.15) is 15.9 Å². The van der Waals surface area contributed by atoms with Gasteiger partial charge in [-0.2, -0.15) is 11.3 Å². The van der Waals surface area contributed by atoms with Crippen LogP contribution in [0.4, 0.5) is 0 Å². The molecule has 1 aromatic heterocycles. The lowest BCUT2D eigenvalue weighted by molar-refractivity contribution is -0.00181. The van der Waals surface area contributed by atoms with Gasteiger partial charge in [0.25, 0.3) is 0 Å². The molecule has 0 amide bonds. The number of carbonyl (C=O) groups excluding carboxylic acids is 1. The SMILES string of the molecule is O=C(c1ccccc1)C(Cc1ccsc1)OCC(O)CNCCO. The van der Waals surface area contributed by atoms with E-state index < -0.39 is 12.2 Å². The Morgan fingerprint density at radius 2 is 2.04 bits per heavy atom. The second-order valence-electron chi connectivity index (χ2n) is 5.47. The van der Waals surface area contributed by atoms with Gasteiger partial charge in [-0.15, -0.1) is 0 Å². The van der Waals surface area contributed by atoms with Crippen LogP contribution < -0.4 is 5.32 Å². The summed E-state index contributed by atoms with van der Waals surface area (Å²) in [5.41, 5.74) is 1.65. The van der Waals surface area contributed by atoms with Crippen molar-refractivity contribution >= 4 is 17.1 Å². The van der Waals surface area contributed by atoms with E-state index in [4.69, 9.17) is 9.84 Å². The van der Waals surface area contributed by atoms with Crippen molar-refractivity contribution in [2.24, 2.45) is 0 Å². The number of nitrogens with one attached hydrogen (secondary N) is 1. The van der Waals surface area contributed by atoms with Crippen LogP contribution in [0.3, 0.4) is 0 Å². The maximum Gasteiger partial charge on any atom is 0.191 e. The van der Waals surface area contributed by atoms with Crippen molar-refractivity contribution in [3.63, 3.8) is 0 Å². The molecule has 5 nitrogen and oxygen atoms in total. The molecule has 0 aliphatic carbocycles. The van der Waals surface area contributed by atoms with Crippen molar-refractivity contribution in [2.45, 2.75) is 18.6 Å². The first kappa shape index (κ1) is 18.8. The standard InChI is InChI=1S/C18H23NO4S/c20-8-7-19-11-16(21)12-23-17(10-14-6-9-24-13-14)18(22)15-4-2-1-3-5-15/h1-6,9,13,16-17,19-21H,7-8,10-12H2. The molecule has 1 heterocycles. The molecule has 0 saturated heterocycles. The van der Waals surface area contributed by atoms with Gasteiger partial charge in [-0.1, -0.05) is 30.3 Å². The fourth-order valence-electron chi connectivity index (χ4n) is 2.27. The molecule has 2 rings (SSSR count). The number of ketones is 1. The van der Waals surface area contributed by atoms with Gasteiger partial charge in [-0.25, -0.2) is 0 Å². The molecule has 24 heavy (non-hydrogen) atoms. The van der Waals surface area contributed by atoms with Gasteiger partial charge in [0.2, 0.25) is 0 Å². The molecule has 0 spiro atoms. The summed E-state index contributed by atoms with van der Waals surface area (Å²) in [4.78, 5) is 12.7. The van der Waals surface area contributed by atoms with Crippen LogP contribution in [-0.2, 0) is 11.2 Å². The van der Waals surface area contributed by atoms with Crippen molar-refractivity contribution < 1.29 is 19.7 Å². The molecule has 2 atom stereocenters. The minimum atomic E-state index is -0.731.